The molecule has 2 aromatic carbocycles. The largest absolute Gasteiger partial charge is 0.508 e. The van der Waals surface area contributed by atoms with Crippen molar-refractivity contribution in [2.24, 2.45) is 0 Å². The van der Waals surface area contributed by atoms with Gasteiger partial charge in [-0.1, -0.05) is 30.3 Å². The molecule has 0 saturated heterocycles. The molecule has 3 rings (SSSR count). The van der Waals surface area contributed by atoms with Crippen LogP contribution in [0.25, 0.3) is 10.9 Å². The normalized spacial score (nSPS) is 10.9. The van der Waals surface area contributed by atoms with Crippen LogP contribution < -0.4 is 5.56 Å². The van der Waals surface area contributed by atoms with Gasteiger partial charge in [-0.2, -0.15) is 0 Å². The zero-order valence-corrected chi connectivity index (χ0v) is 11.6. The van der Waals surface area contributed by atoms with Crippen molar-refractivity contribution in [1.29, 1.82) is 0 Å². The number of H-pyrrole nitrogens is 1. The fraction of sp³-hybridized carbons (Fsp3) is 0.118. The van der Waals surface area contributed by atoms with Gasteiger partial charge in [0, 0.05) is 29.5 Å². The van der Waals surface area contributed by atoms with Crippen molar-refractivity contribution >= 4 is 10.9 Å². The van der Waals surface area contributed by atoms with Crippen molar-refractivity contribution in [1.82, 2.24) is 4.98 Å². The molecule has 0 amide bonds. The molecule has 0 saturated carbocycles. The maximum Gasteiger partial charge on any atom is 0.252 e. The van der Waals surface area contributed by atoms with Crippen LogP contribution in [-0.2, 0) is 6.42 Å². The van der Waals surface area contributed by atoms with Gasteiger partial charge in [-0.05, 0) is 18.1 Å². The van der Waals surface area contributed by atoms with E-state index >= 15 is 0 Å². The van der Waals surface area contributed by atoms with Gasteiger partial charge in [0.05, 0.1) is 5.52 Å². The molecule has 0 unspecified atom stereocenters. The van der Waals surface area contributed by atoms with Crippen molar-refractivity contribution in [3.05, 3.63) is 69.5 Å². The first-order chi connectivity index (χ1) is 10.1. The quantitative estimate of drug-likeness (QED) is 0.676. The fourth-order valence-corrected chi connectivity index (χ4v) is 2.64. The van der Waals surface area contributed by atoms with E-state index in [0.29, 0.717) is 22.9 Å². The number of rotatable bonds is 2. The molecule has 3 N–H and O–H groups in total. The van der Waals surface area contributed by atoms with Crippen molar-refractivity contribution in [2.45, 2.75) is 13.3 Å². The summed E-state index contributed by atoms with van der Waals surface area (Å²) in [4.78, 5) is 15.0. The summed E-state index contributed by atoms with van der Waals surface area (Å²) in [5, 5.41) is 20.1. The van der Waals surface area contributed by atoms with Crippen LogP contribution in [0.15, 0.2) is 47.3 Å². The van der Waals surface area contributed by atoms with E-state index in [1.165, 1.54) is 12.1 Å². The zero-order chi connectivity index (χ0) is 15.0. The van der Waals surface area contributed by atoms with Crippen LogP contribution in [0.2, 0.25) is 0 Å². The van der Waals surface area contributed by atoms with Crippen LogP contribution in [0.4, 0.5) is 0 Å². The van der Waals surface area contributed by atoms with Crippen molar-refractivity contribution < 1.29 is 10.2 Å². The smallest absolute Gasteiger partial charge is 0.252 e. The van der Waals surface area contributed by atoms with Gasteiger partial charge < -0.3 is 15.2 Å². The summed E-state index contributed by atoms with van der Waals surface area (Å²) in [7, 11) is 0. The second-order valence-corrected chi connectivity index (χ2v) is 5.11. The van der Waals surface area contributed by atoms with Crippen LogP contribution >= 0.6 is 0 Å². The third-order valence-electron chi connectivity index (χ3n) is 3.68. The number of nitrogens with one attached hydrogen (secondary N) is 1. The third-order valence-corrected chi connectivity index (χ3v) is 3.68. The number of aromatic amines is 1. The molecular weight excluding hydrogens is 266 g/mol. The standard InChI is InChI=1S/C17H15NO3/c1-10-13(7-11-5-3-2-4-6-11)17(21)18-14-8-12(19)9-15(20)16(10)14/h2-6,8-9,19-20H,7H2,1H3,(H,18,21). The second kappa shape index (κ2) is 4.98. The Morgan fingerprint density at radius 1 is 1.10 bits per heavy atom. The second-order valence-electron chi connectivity index (χ2n) is 5.11. The topological polar surface area (TPSA) is 73.3 Å². The van der Waals surface area contributed by atoms with Crippen LogP contribution in [-0.4, -0.2) is 15.2 Å². The molecule has 0 aliphatic rings. The molecule has 0 aliphatic carbocycles. The number of aromatic nitrogens is 1. The highest BCUT2D eigenvalue weighted by Gasteiger charge is 2.13. The number of aryl methyl sites for hydroxylation is 1. The van der Waals surface area contributed by atoms with Gasteiger partial charge >= 0.3 is 0 Å². The third kappa shape index (κ3) is 2.36. The van der Waals surface area contributed by atoms with E-state index in [9.17, 15) is 15.0 Å². The van der Waals surface area contributed by atoms with Crippen molar-refractivity contribution in [3.8, 4) is 11.5 Å². The summed E-state index contributed by atoms with van der Waals surface area (Å²) in [6.07, 6.45) is 0.498. The van der Waals surface area contributed by atoms with Gasteiger partial charge in [0.1, 0.15) is 11.5 Å². The number of hydrogen-bond donors (Lipinski definition) is 3. The molecule has 1 aromatic heterocycles. The van der Waals surface area contributed by atoms with E-state index in [2.05, 4.69) is 4.98 Å². The van der Waals surface area contributed by atoms with E-state index < -0.39 is 0 Å². The Morgan fingerprint density at radius 2 is 1.81 bits per heavy atom. The fourth-order valence-electron chi connectivity index (χ4n) is 2.64. The minimum Gasteiger partial charge on any atom is -0.508 e. The highest BCUT2D eigenvalue weighted by molar-refractivity contribution is 5.90. The van der Waals surface area contributed by atoms with E-state index in [1.807, 2.05) is 37.3 Å². The lowest BCUT2D eigenvalue weighted by Gasteiger charge is -2.11. The lowest BCUT2D eigenvalue weighted by atomic mass is 9.98. The summed E-state index contributed by atoms with van der Waals surface area (Å²) in [6, 6.07) is 12.4. The SMILES string of the molecule is Cc1c(Cc2ccccc2)c(=O)[nH]c2cc(O)cc(O)c12. The predicted molar refractivity (Wildman–Crippen MR) is 81.9 cm³/mol. The molecule has 0 aliphatic heterocycles. The highest BCUT2D eigenvalue weighted by Crippen LogP contribution is 2.31. The Kier molecular flexibility index (Phi) is 3.14. The predicted octanol–water partition coefficient (Wildman–Crippen LogP) is 2.84. The van der Waals surface area contributed by atoms with Gasteiger partial charge in [0.15, 0.2) is 0 Å². The summed E-state index contributed by atoms with van der Waals surface area (Å²) >= 11 is 0. The number of hydrogen-bond acceptors (Lipinski definition) is 3. The molecule has 3 aromatic rings. The van der Waals surface area contributed by atoms with E-state index in [-0.39, 0.29) is 17.1 Å². The summed E-state index contributed by atoms with van der Waals surface area (Å²) < 4.78 is 0. The zero-order valence-electron chi connectivity index (χ0n) is 11.6. The van der Waals surface area contributed by atoms with Crippen LogP contribution in [0, 0.1) is 6.92 Å². The van der Waals surface area contributed by atoms with Crippen LogP contribution in [0.3, 0.4) is 0 Å². The average molecular weight is 281 g/mol. The minimum absolute atomic E-state index is 0.0342. The molecule has 4 nitrogen and oxygen atoms in total. The molecule has 106 valence electrons. The number of phenols is 2. The number of pyridine rings is 1. The lowest BCUT2D eigenvalue weighted by Crippen LogP contribution is -2.15. The molecule has 4 heteroatoms. The van der Waals surface area contributed by atoms with E-state index in [1.54, 1.807) is 0 Å². The van der Waals surface area contributed by atoms with Gasteiger partial charge in [0.25, 0.3) is 5.56 Å². The molecular formula is C17H15NO3. The number of phenolic OH excluding ortho intramolecular Hbond substituents is 2. The first-order valence-electron chi connectivity index (χ1n) is 6.67. The number of benzene rings is 2. The van der Waals surface area contributed by atoms with Gasteiger partial charge in [-0.15, -0.1) is 0 Å². The maximum atomic E-state index is 12.3. The Bertz CT molecular complexity index is 867. The molecule has 0 radical (unpaired) electrons. The molecule has 1 heterocycles. The van der Waals surface area contributed by atoms with Gasteiger partial charge in [-0.25, -0.2) is 0 Å². The first kappa shape index (κ1) is 13.2. The molecule has 0 bridgehead atoms. The molecule has 0 fully saturated rings. The number of fused-ring (bicyclic) bond motifs is 1. The van der Waals surface area contributed by atoms with E-state index in [4.69, 9.17) is 0 Å². The Labute approximate surface area is 121 Å². The van der Waals surface area contributed by atoms with Gasteiger partial charge in [-0.3, -0.25) is 4.79 Å². The molecule has 0 spiro atoms. The number of aromatic hydroxyl groups is 2. The highest BCUT2D eigenvalue weighted by atomic mass is 16.3. The minimum atomic E-state index is -0.200. The van der Waals surface area contributed by atoms with Crippen molar-refractivity contribution in [3.63, 3.8) is 0 Å². The average Bonchev–Trinajstić information content (AvgIpc) is 2.43. The van der Waals surface area contributed by atoms with Crippen LogP contribution in [0.1, 0.15) is 16.7 Å². The van der Waals surface area contributed by atoms with Gasteiger partial charge in [0.2, 0.25) is 0 Å². The van der Waals surface area contributed by atoms with E-state index in [0.717, 1.165) is 11.1 Å². The summed E-state index contributed by atoms with van der Waals surface area (Å²) in [5.74, 6) is -0.112. The van der Waals surface area contributed by atoms with Crippen LogP contribution in [0.5, 0.6) is 11.5 Å². The Balaban J connectivity index is 2.22. The molecule has 21 heavy (non-hydrogen) atoms. The summed E-state index contributed by atoms with van der Waals surface area (Å²) in [6.45, 7) is 1.81. The maximum absolute atomic E-state index is 12.3. The first-order valence-corrected chi connectivity index (χ1v) is 6.67. The Morgan fingerprint density at radius 3 is 2.52 bits per heavy atom. The summed E-state index contributed by atoms with van der Waals surface area (Å²) in [5.41, 5.74) is 2.62. The lowest BCUT2D eigenvalue weighted by molar-refractivity contribution is 0.455. The Hall–Kier alpha value is -2.75. The monoisotopic (exact) mass is 281 g/mol. The van der Waals surface area contributed by atoms with Crippen molar-refractivity contribution in [2.75, 3.05) is 0 Å². The molecule has 0 atom stereocenters.